The minimum absolute atomic E-state index is 0.348. The Bertz CT molecular complexity index is 442. The van der Waals surface area contributed by atoms with E-state index in [-0.39, 0.29) is 0 Å². The fraction of sp³-hybridized carbons (Fsp3) is 0.417. The Balaban J connectivity index is 2.10. The van der Waals surface area contributed by atoms with Crippen LogP contribution in [-0.4, -0.2) is 24.2 Å². The van der Waals surface area contributed by atoms with Crippen LogP contribution in [0.15, 0.2) is 24.3 Å². The van der Waals surface area contributed by atoms with Gasteiger partial charge in [-0.15, -0.1) is 0 Å². The topological polar surface area (TPSA) is 40.5 Å². The monoisotopic (exact) mass is 259 g/mol. The summed E-state index contributed by atoms with van der Waals surface area (Å²) in [5.74, 6) is -1.29. The van der Waals surface area contributed by atoms with E-state index in [0.29, 0.717) is 25.2 Å². The van der Waals surface area contributed by atoms with Crippen LogP contribution in [0.5, 0.6) is 0 Å². The number of aliphatic carboxylic acids is 1. The van der Waals surface area contributed by atoms with E-state index >= 15 is 0 Å². The molecule has 0 saturated carbocycles. The first-order chi connectivity index (χ1) is 8.38. The smallest absolute Gasteiger partial charge is 0.416 e. The van der Waals surface area contributed by atoms with Gasteiger partial charge in [0.25, 0.3) is 0 Å². The molecule has 1 N–H and O–H groups in total. The fourth-order valence-electron chi connectivity index (χ4n) is 2.06. The molecule has 3 nitrogen and oxygen atoms in total. The molecule has 0 unspecified atom stereocenters. The maximum atomic E-state index is 12.4. The Kier molecular flexibility index (Phi) is 3.19. The molecule has 1 heterocycles. The molecule has 6 heteroatoms. The molecule has 0 aliphatic carbocycles. The number of hydrogen-bond donors (Lipinski definition) is 1. The van der Waals surface area contributed by atoms with Crippen LogP contribution in [0.4, 0.5) is 18.9 Å². The van der Waals surface area contributed by atoms with Gasteiger partial charge >= 0.3 is 12.1 Å². The first-order valence-corrected chi connectivity index (χ1v) is 5.53. The molecule has 1 saturated heterocycles. The number of hydrogen-bond acceptors (Lipinski definition) is 2. The lowest BCUT2D eigenvalue weighted by Crippen LogP contribution is -2.22. The van der Waals surface area contributed by atoms with Gasteiger partial charge in [0, 0.05) is 18.8 Å². The summed E-state index contributed by atoms with van der Waals surface area (Å²) in [4.78, 5) is 12.6. The molecule has 1 aliphatic heterocycles. The van der Waals surface area contributed by atoms with E-state index in [0.717, 1.165) is 12.1 Å². The molecule has 18 heavy (non-hydrogen) atoms. The molecule has 98 valence electrons. The number of alkyl halides is 3. The average Bonchev–Trinajstić information content (AvgIpc) is 2.77. The van der Waals surface area contributed by atoms with E-state index in [4.69, 9.17) is 5.11 Å². The van der Waals surface area contributed by atoms with Gasteiger partial charge in [-0.1, -0.05) is 0 Å². The number of anilines is 1. The summed E-state index contributed by atoms with van der Waals surface area (Å²) in [5.41, 5.74) is -0.0630. The van der Waals surface area contributed by atoms with E-state index in [1.165, 1.54) is 12.1 Å². The quantitative estimate of drug-likeness (QED) is 0.887. The zero-order valence-corrected chi connectivity index (χ0v) is 9.44. The number of nitrogens with zero attached hydrogens (tertiary/aromatic N) is 1. The SMILES string of the molecule is O=C(O)[C@@H]1CCN(c2ccc(C(F)(F)F)cc2)C1. The van der Waals surface area contributed by atoms with E-state index < -0.39 is 23.6 Å². The number of benzene rings is 1. The Morgan fingerprint density at radius 1 is 1.28 bits per heavy atom. The second-order valence-electron chi connectivity index (χ2n) is 4.31. The zero-order valence-electron chi connectivity index (χ0n) is 9.44. The van der Waals surface area contributed by atoms with Crippen LogP contribution in [0.25, 0.3) is 0 Å². The van der Waals surface area contributed by atoms with Crippen molar-refractivity contribution < 1.29 is 23.1 Å². The van der Waals surface area contributed by atoms with Gasteiger partial charge in [-0.25, -0.2) is 0 Å². The second-order valence-corrected chi connectivity index (χ2v) is 4.31. The molecule has 0 radical (unpaired) electrons. The van der Waals surface area contributed by atoms with Gasteiger partial charge in [-0.3, -0.25) is 4.79 Å². The van der Waals surface area contributed by atoms with Crippen molar-refractivity contribution in [1.29, 1.82) is 0 Å². The predicted octanol–water partition coefficient (Wildman–Crippen LogP) is 2.62. The van der Waals surface area contributed by atoms with Crippen LogP contribution in [-0.2, 0) is 11.0 Å². The molecule has 2 rings (SSSR count). The molecule has 1 aliphatic rings. The third-order valence-corrected chi connectivity index (χ3v) is 3.10. The Morgan fingerprint density at radius 3 is 2.33 bits per heavy atom. The van der Waals surface area contributed by atoms with Crippen LogP contribution in [0.1, 0.15) is 12.0 Å². The molecule has 1 aromatic rings. The molecule has 0 amide bonds. The van der Waals surface area contributed by atoms with Crippen molar-refractivity contribution in [2.75, 3.05) is 18.0 Å². The number of carbonyl (C=O) groups is 1. The van der Waals surface area contributed by atoms with Gasteiger partial charge in [0.15, 0.2) is 0 Å². The van der Waals surface area contributed by atoms with Crippen molar-refractivity contribution in [1.82, 2.24) is 0 Å². The lowest BCUT2D eigenvalue weighted by Gasteiger charge is -2.18. The maximum absolute atomic E-state index is 12.4. The largest absolute Gasteiger partial charge is 0.481 e. The van der Waals surface area contributed by atoms with Gasteiger partial charge in [0.1, 0.15) is 0 Å². The summed E-state index contributed by atoms with van der Waals surface area (Å²) < 4.78 is 37.1. The van der Waals surface area contributed by atoms with E-state index in [2.05, 4.69) is 0 Å². The highest BCUT2D eigenvalue weighted by Crippen LogP contribution is 2.31. The lowest BCUT2D eigenvalue weighted by atomic mass is 10.1. The second kappa shape index (κ2) is 4.51. The van der Waals surface area contributed by atoms with Gasteiger partial charge in [-0.2, -0.15) is 13.2 Å². The molecule has 0 aromatic heterocycles. The first-order valence-electron chi connectivity index (χ1n) is 5.53. The third-order valence-electron chi connectivity index (χ3n) is 3.10. The lowest BCUT2D eigenvalue weighted by molar-refractivity contribution is -0.141. The van der Waals surface area contributed by atoms with Crippen molar-refractivity contribution in [2.24, 2.45) is 5.92 Å². The molecule has 0 bridgehead atoms. The van der Waals surface area contributed by atoms with Crippen molar-refractivity contribution in [3.63, 3.8) is 0 Å². The van der Waals surface area contributed by atoms with E-state index in [9.17, 15) is 18.0 Å². The maximum Gasteiger partial charge on any atom is 0.416 e. The van der Waals surface area contributed by atoms with Crippen molar-refractivity contribution in [3.8, 4) is 0 Å². The van der Waals surface area contributed by atoms with Gasteiger partial charge in [0.2, 0.25) is 0 Å². The number of rotatable bonds is 2. The van der Waals surface area contributed by atoms with Gasteiger partial charge in [0.05, 0.1) is 11.5 Å². The van der Waals surface area contributed by atoms with Crippen LogP contribution in [0.3, 0.4) is 0 Å². The van der Waals surface area contributed by atoms with Crippen LogP contribution in [0.2, 0.25) is 0 Å². The van der Waals surface area contributed by atoms with E-state index in [1.54, 1.807) is 4.90 Å². The van der Waals surface area contributed by atoms with Crippen LogP contribution in [0, 0.1) is 5.92 Å². The van der Waals surface area contributed by atoms with Crippen LogP contribution < -0.4 is 4.90 Å². The fourth-order valence-corrected chi connectivity index (χ4v) is 2.06. The summed E-state index contributed by atoms with van der Waals surface area (Å²) in [7, 11) is 0. The Morgan fingerprint density at radius 2 is 1.89 bits per heavy atom. The summed E-state index contributed by atoms with van der Waals surface area (Å²) in [6.07, 6.45) is -3.82. The molecule has 1 fully saturated rings. The standard InChI is InChI=1S/C12H12F3NO2/c13-12(14,15)9-1-3-10(4-2-9)16-6-5-8(7-16)11(17)18/h1-4,8H,5-7H2,(H,17,18)/t8-/m1/s1. The normalized spacial score (nSPS) is 20.2. The predicted molar refractivity (Wildman–Crippen MR) is 59.4 cm³/mol. The first kappa shape index (κ1) is 12.7. The highest BCUT2D eigenvalue weighted by molar-refractivity contribution is 5.72. The molecular weight excluding hydrogens is 247 g/mol. The summed E-state index contributed by atoms with van der Waals surface area (Å²) in [6.45, 7) is 0.906. The third kappa shape index (κ3) is 2.57. The number of halogens is 3. The average molecular weight is 259 g/mol. The highest BCUT2D eigenvalue weighted by Gasteiger charge is 2.31. The van der Waals surface area contributed by atoms with Crippen molar-refractivity contribution >= 4 is 11.7 Å². The van der Waals surface area contributed by atoms with Gasteiger partial charge < -0.3 is 10.0 Å². The number of carboxylic acids is 1. The molecule has 1 aromatic carbocycles. The summed E-state index contributed by atoms with van der Waals surface area (Å²) in [5, 5.41) is 8.85. The summed E-state index contributed by atoms with van der Waals surface area (Å²) >= 11 is 0. The zero-order chi connectivity index (χ0) is 13.3. The summed E-state index contributed by atoms with van der Waals surface area (Å²) in [6, 6.07) is 4.80. The molecule has 1 atom stereocenters. The Hall–Kier alpha value is -1.72. The van der Waals surface area contributed by atoms with Gasteiger partial charge in [-0.05, 0) is 30.7 Å². The number of carboxylic acid groups (broad SMARTS) is 1. The molecule has 0 spiro atoms. The van der Waals surface area contributed by atoms with Crippen molar-refractivity contribution in [2.45, 2.75) is 12.6 Å². The van der Waals surface area contributed by atoms with Crippen molar-refractivity contribution in [3.05, 3.63) is 29.8 Å². The minimum Gasteiger partial charge on any atom is -0.481 e. The minimum atomic E-state index is -4.34. The Labute approximate surface area is 102 Å². The molecular formula is C12H12F3NO2. The van der Waals surface area contributed by atoms with E-state index in [1.807, 2.05) is 0 Å². The van der Waals surface area contributed by atoms with Crippen LogP contribution >= 0.6 is 0 Å². The highest BCUT2D eigenvalue weighted by atomic mass is 19.4.